The molecule has 1 aromatic heterocycles. The minimum atomic E-state index is 0.0246. The highest BCUT2D eigenvalue weighted by Gasteiger charge is 2.62. The molecule has 8 saturated carbocycles. The molecule has 0 N–H and O–H groups in total. The molecule has 0 radical (unpaired) electrons. The summed E-state index contributed by atoms with van der Waals surface area (Å²) in [6.45, 7) is 0. The van der Waals surface area contributed by atoms with E-state index in [4.69, 9.17) is 4.42 Å². The fourth-order valence-electron chi connectivity index (χ4n) is 18.1. The fourth-order valence-corrected chi connectivity index (χ4v) is 18.1. The van der Waals surface area contributed by atoms with Gasteiger partial charge in [-0.25, -0.2) is 0 Å². The van der Waals surface area contributed by atoms with Crippen LogP contribution in [-0.2, 0) is 10.8 Å². The molecule has 8 fully saturated rings. The van der Waals surface area contributed by atoms with Gasteiger partial charge in [0.05, 0.1) is 5.69 Å². The van der Waals surface area contributed by atoms with E-state index in [0.29, 0.717) is 23.7 Å². The Bertz CT molecular complexity index is 3300. The summed E-state index contributed by atoms with van der Waals surface area (Å²) in [7, 11) is 0. The number of hydrogen-bond donors (Lipinski definition) is 0. The van der Waals surface area contributed by atoms with Crippen molar-refractivity contribution in [2.75, 3.05) is 4.90 Å². The molecule has 10 atom stereocenters. The quantitative estimate of drug-likeness (QED) is 0.175. The molecular formula is C64H57NO. The van der Waals surface area contributed by atoms with Crippen LogP contribution < -0.4 is 4.90 Å². The number of hydrogen-bond acceptors (Lipinski definition) is 2. The Morgan fingerprint density at radius 2 is 0.955 bits per heavy atom. The van der Waals surface area contributed by atoms with Crippen molar-refractivity contribution in [1.29, 1.82) is 0 Å². The van der Waals surface area contributed by atoms with Crippen LogP contribution in [0.1, 0.15) is 99.3 Å². The van der Waals surface area contributed by atoms with Gasteiger partial charge in [0, 0.05) is 38.5 Å². The second-order valence-corrected chi connectivity index (χ2v) is 22.7. The molecule has 0 saturated heterocycles. The van der Waals surface area contributed by atoms with Gasteiger partial charge in [-0.05, 0) is 198 Å². The summed E-state index contributed by atoms with van der Waals surface area (Å²) in [6, 6.07) is 59.3. The van der Waals surface area contributed by atoms with Crippen molar-refractivity contribution in [3.63, 3.8) is 0 Å². The summed E-state index contributed by atoms with van der Waals surface area (Å²) >= 11 is 0. The lowest BCUT2D eigenvalue weighted by Gasteiger charge is -2.54. The molecule has 2 nitrogen and oxygen atoms in total. The van der Waals surface area contributed by atoms with Gasteiger partial charge in [-0.3, -0.25) is 0 Å². The van der Waals surface area contributed by atoms with Crippen molar-refractivity contribution in [3.8, 4) is 33.4 Å². The topological polar surface area (TPSA) is 16.4 Å². The van der Waals surface area contributed by atoms with Crippen LogP contribution in [0.2, 0.25) is 0 Å². The van der Waals surface area contributed by atoms with E-state index < -0.39 is 0 Å². The molecule has 2 spiro atoms. The summed E-state index contributed by atoms with van der Waals surface area (Å²) in [5, 5.41) is 2.36. The van der Waals surface area contributed by atoms with E-state index in [1.807, 2.05) is 0 Å². The van der Waals surface area contributed by atoms with Crippen molar-refractivity contribution >= 4 is 39.0 Å². The Hall–Kier alpha value is -5.86. The van der Waals surface area contributed by atoms with Crippen LogP contribution >= 0.6 is 0 Å². The summed E-state index contributed by atoms with van der Waals surface area (Å²) < 4.78 is 6.62. The molecule has 8 aromatic rings. The van der Waals surface area contributed by atoms with Crippen molar-refractivity contribution in [1.82, 2.24) is 0 Å². The largest absolute Gasteiger partial charge is 0.455 e. The normalized spacial score (nSPS) is 31.3. The number of rotatable bonds is 4. The van der Waals surface area contributed by atoms with E-state index in [-0.39, 0.29) is 10.8 Å². The van der Waals surface area contributed by atoms with Gasteiger partial charge in [0.1, 0.15) is 11.2 Å². The lowest BCUT2D eigenvalue weighted by Crippen LogP contribution is -2.48. The second-order valence-electron chi connectivity index (χ2n) is 22.7. The first-order valence-electron chi connectivity index (χ1n) is 25.9. The van der Waals surface area contributed by atoms with E-state index in [9.17, 15) is 0 Å². The van der Waals surface area contributed by atoms with E-state index in [0.717, 1.165) is 40.4 Å². The first-order valence-corrected chi connectivity index (χ1v) is 25.9. The summed E-state index contributed by atoms with van der Waals surface area (Å²) in [6.07, 6.45) is 16.8. The number of benzene rings is 7. The molecule has 1 heterocycles. The van der Waals surface area contributed by atoms with Gasteiger partial charge in [-0.1, -0.05) is 128 Å². The summed E-state index contributed by atoms with van der Waals surface area (Å²) in [4.78, 5) is 2.75. The third-order valence-electron chi connectivity index (χ3n) is 20.0. The SMILES string of the molecule is c1ccc2c(c1)-c1ccc(N(c3ccc(-c4cccc5c4oc4ccccc45)cc3)c3cccc4c3C3(c5ccccc5-4)C4CCC5CC(C4)CC3C5)cc1C21C2CCC3CC(C2)CC1C3. The van der Waals surface area contributed by atoms with Crippen LogP contribution in [0.4, 0.5) is 17.1 Å². The smallest absolute Gasteiger partial charge is 0.143 e. The number of fused-ring (bicyclic) bond motifs is 11. The van der Waals surface area contributed by atoms with Gasteiger partial charge in [0.2, 0.25) is 0 Å². The predicted molar refractivity (Wildman–Crippen MR) is 270 cm³/mol. The van der Waals surface area contributed by atoms with Crippen LogP contribution in [0, 0.1) is 47.3 Å². The zero-order chi connectivity index (χ0) is 42.9. The number of anilines is 3. The molecular weight excluding hydrogens is 799 g/mol. The average molecular weight is 856 g/mol. The van der Waals surface area contributed by atoms with Crippen molar-refractivity contribution in [3.05, 3.63) is 174 Å². The highest BCUT2D eigenvalue weighted by atomic mass is 16.3. The molecule has 10 aliphatic rings. The van der Waals surface area contributed by atoms with Gasteiger partial charge in [-0.15, -0.1) is 0 Å². The Morgan fingerprint density at radius 3 is 1.74 bits per heavy atom. The number of para-hydroxylation sites is 2. The first kappa shape index (κ1) is 37.3. The van der Waals surface area contributed by atoms with Crippen LogP contribution in [0.25, 0.3) is 55.3 Å². The zero-order valence-electron chi connectivity index (χ0n) is 37.9. The third-order valence-corrected chi connectivity index (χ3v) is 20.0. The van der Waals surface area contributed by atoms with Crippen LogP contribution in [-0.4, -0.2) is 0 Å². The first-order chi connectivity index (χ1) is 32.6. The molecule has 2 heteroatoms. The van der Waals surface area contributed by atoms with E-state index >= 15 is 0 Å². The third kappa shape index (κ3) is 4.74. The van der Waals surface area contributed by atoms with E-state index in [1.165, 1.54) is 133 Å². The summed E-state index contributed by atoms with van der Waals surface area (Å²) in [5.41, 5.74) is 20.8. The highest BCUT2D eigenvalue weighted by Crippen LogP contribution is 2.71. The second kappa shape index (κ2) is 13.4. The Morgan fingerprint density at radius 1 is 0.394 bits per heavy atom. The molecule has 0 aliphatic heterocycles. The fraction of sp³-hybridized carbons (Fsp3) is 0.344. The van der Waals surface area contributed by atoms with Crippen molar-refractivity contribution in [2.45, 2.75) is 87.9 Å². The maximum Gasteiger partial charge on any atom is 0.143 e. The van der Waals surface area contributed by atoms with Crippen LogP contribution in [0.3, 0.4) is 0 Å². The van der Waals surface area contributed by atoms with E-state index in [1.54, 1.807) is 22.3 Å². The lowest BCUT2D eigenvalue weighted by molar-refractivity contribution is 0.0617. The predicted octanol–water partition coefficient (Wildman–Crippen LogP) is 16.9. The van der Waals surface area contributed by atoms with Gasteiger partial charge in [0.15, 0.2) is 0 Å². The standard InChI is InChI=1S/C64H57NO/c1-4-15-56-50(9-1)52-28-27-48(37-58(52)63(56)43-23-19-38-29-40(33-43)35-45(63)31-38)65(47-25-21-42(22-26-47)49-12-7-14-55-53-11-3-6-18-60(53)66-62(49)55)59-17-8-13-54-51-10-2-5-16-57(51)64(61(54)59)44-24-20-39-30-41(34-44)36-46(64)32-39/h1-18,21-22,25-28,37-41,43-46H,19-20,23-24,29-36H2. The van der Waals surface area contributed by atoms with Gasteiger partial charge in [0.25, 0.3) is 0 Å². The molecule has 18 rings (SSSR count). The molecule has 8 bridgehead atoms. The van der Waals surface area contributed by atoms with E-state index in [2.05, 4.69) is 157 Å². The van der Waals surface area contributed by atoms with Gasteiger partial charge < -0.3 is 9.32 Å². The highest BCUT2D eigenvalue weighted by molar-refractivity contribution is 6.09. The van der Waals surface area contributed by atoms with Gasteiger partial charge in [-0.2, -0.15) is 0 Å². The lowest BCUT2D eigenvalue weighted by atomic mass is 9.50. The van der Waals surface area contributed by atoms with Gasteiger partial charge >= 0.3 is 0 Å². The van der Waals surface area contributed by atoms with Crippen LogP contribution in [0.15, 0.2) is 156 Å². The number of nitrogens with zero attached hydrogens (tertiary/aromatic N) is 1. The van der Waals surface area contributed by atoms with Crippen molar-refractivity contribution < 1.29 is 4.42 Å². The molecule has 10 aliphatic carbocycles. The monoisotopic (exact) mass is 855 g/mol. The molecule has 7 aromatic carbocycles. The minimum absolute atomic E-state index is 0.0246. The number of furan rings is 1. The zero-order valence-corrected chi connectivity index (χ0v) is 37.9. The average Bonchev–Trinajstić information content (AvgIpc) is 3.85. The summed E-state index contributed by atoms with van der Waals surface area (Å²) in [5.74, 6) is 6.32. The maximum atomic E-state index is 6.62. The Kier molecular flexibility index (Phi) is 7.56. The van der Waals surface area contributed by atoms with Crippen molar-refractivity contribution in [2.24, 2.45) is 47.3 Å². The molecule has 10 unspecified atom stereocenters. The minimum Gasteiger partial charge on any atom is -0.455 e. The Balaban J connectivity index is 0.934. The molecule has 0 amide bonds. The molecule has 324 valence electrons. The van der Waals surface area contributed by atoms with Crippen LogP contribution in [0.5, 0.6) is 0 Å². The maximum absolute atomic E-state index is 6.62. The Labute approximate surface area is 389 Å². The molecule has 66 heavy (non-hydrogen) atoms.